The standard InChI is InChI=1S/C11H19N/c1-11(5-2-6-12)8-9-3-4-10(11)7-9/h3-4,9-10H,2,5-8,12H2,1H3. The Morgan fingerprint density at radius 2 is 2.33 bits per heavy atom. The van der Waals surface area contributed by atoms with E-state index in [1.807, 2.05) is 0 Å². The zero-order chi connectivity index (χ0) is 8.60. The highest BCUT2D eigenvalue weighted by molar-refractivity contribution is 5.14. The zero-order valence-corrected chi connectivity index (χ0v) is 7.92. The number of fused-ring (bicyclic) bond motifs is 2. The van der Waals surface area contributed by atoms with Crippen LogP contribution in [0.1, 0.15) is 32.6 Å². The SMILES string of the molecule is CC1(CCCN)CC2C=CC1C2. The quantitative estimate of drug-likeness (QED) is 0.638. The Bertz CT molecular complexity index is 197. The van der Waals surface area contributed by atoms with E-state index in [1.54, 1.807) is 0 Å². The molecule has 0 spiro atoms. The van der Waals surface area contributed by atoms with E-state index in [4.69, 9.17) is 5.73 Å². The second-order valence-corrected chi connectivity index (χ2v) is 4.74. The molecule has 2 rings (SSSR count). The lowest BCUT2D eigenvalue weighted by atomic mass is 9.74. The third-order valence-corrected chi connectivity index (χ3v) is 3.75. The predicted octanol–water partition coefficient (Wildman–Crippen LogP) is 2.33. The van der Waals surface area contributed by atoms with Crippen LogP contribution in [0.2, 0.25) is 0 Å². The molecule has 12 heavy (non-hydrogen) atoms. The van der Waals surface area contributed by atoms with Crippen LogP contribution >= 0.6 is 0 Å². The summed E-state index contributed by atoms with van der Waals surface area (Å²) in [6.07, 6.45) is 10.2. The first-order valence-corrected chi connectivity index (χ1v) is 5.13. The van der Waals surface area contributed by atoms with Crippen LogP contribution in [-0.2, 0) is 0 Å². The molecule has 0 aliphatic heterocycles. The summed E-state index contributed by atoms with van der Waals surface area (Å²) >= 11 is 0. The maximum Gasteiger partial charge on any atom is -0.00771 e. The van der Waals surface area contributed by atoms with Crippen LogP contribution in [0.5, 0.6) is 0 Å². The molecule has 68 valence electrons. The van der Waals surface area contributed by atoms with Crippen molar-refractivity contribution in [3.8, 4) is 0 Å². The van der Waals surface area contributed by atoms with E-state index >= 15 is 0 Å². The minimum atomic E-state index is 0.596. The molecule has 0 saturated heterocycles. The molecule has 0 radical (unpaired) electrons. The van der Waals surface area contributed by atoms with Crippen molar-refractivity contribution in [2.24, 2.45) is 23.0 Å². The number of rotatable bonds is 3. The van der Waals surface area contributed by atoms with Crippen molar-refractivity contribution in [1.29, 1.82) is 0 Å². The van der Waals surface area contributed by atoms with Crippen LogP contribution in [0.15, 0.2) is 12.2 Å². The summed E-state index contributed by atoms with van der Waals surface area (Å²) in [7, 11) is 0. The van der Waals surface area contributed by atoms with Crippen LogP contribution < -0.4 is 5.73 Å². The second kappa shape index (κ2) is 2.88. The molecule has 1 nitrogen and oxygen atoms in total. The molecule has 3 atom stereocenters. The molecule has 2 bridgehead atoms. The van der Waals surface area contributed by atoms with Gasteiger partial charge in [0.25, 0.3) is 0 Å². The first kappa shape index (κ1) is 8.31. The maximum absolute atomic E-state index is 5.55. The molecule has 0 aromatic rings. The van der Waals surface area contributed by atoms with Gasteiger partial charge in [-0.15, -0.1) is 0 Å². The molecule has 1 fully saturated rings. The first-order chi connectivity index (χ1) is 5.74. The Labute approximate surface area is 75.0 Å². The third-order valence-electron chi connectivity index (χ3n) is 3.75. The fourth-order valence-corrected chi connectivity index (χ4v) is 2.99. The van der Waals surface area contributed by atoms with Gasteiger partial charge in [0.05, 0.1) is 0 Å². The van der Waals surface area contributed by atoms with Gasteiger partial charge < -0.3 is 5.73 Å². The Balaban J connectivity index is 1.99. The van der Waals surface area contributed by atoms with Gasteiger partial charge >= 0.3 is 0 Å². The summed E-state index contributed by atoms with van der Waals surface area (Å²) in [4.78, 5) is 0. The summed E-state index contributed by atoms with van der Waals surface area (Å²) < 4.78 is 0. The van der Waals surface area contributed by atoms with Crippen molar-refractivity contribution in [2.45, 2.75) is 32.6 Å². The molecule has 2 N–H and O–H groups in total. The Kier molecular flexibility index (Phi) is 1.99. The zero-order valence-electron chi connectivity index (χ0n) is 7.92. The summed E-state index contributed by atoms with van der Waals surface area (Å²) in [6.45, 7) is 3.30. The number of hydrogen-bond donors (Lipinski definition) is 1. The number of hydrogen-bond acceptors (Lipinski definition) is 1. The highest BCUT2D eigenvalue weighted by Crippen LogP contribution is 2.53. The van der Waals surface area contributed by atoms with Gasteiger partial charge in [-0.05, 0) is 49.5 Å². The van der Waals surface area contributed by atoms with E-state index in [-0.39, 0.29) is 0 Å². The summed E-state index contributed by atoms with van der Waals surface area (Å²) in [6, 6.07) is 0. The van der Waals surface area contributed by atoms with Gasteiger partial charge in [0.15, 0.2) is 0 Å². The lowest BCUT2D eigenvalue weighted by molar-refractivity contribution is 0.235. The highest BCUT2D eigenvalue weighted by atomic mass is 14.5. The van der Waals surface area contributed by atoms with Crippen molar-refractivity contribution in [3.05, 3.63) is 12.2 Å². The van der Waals surface area contributed by atoms with E-state index in [0.717, 1.165) is 18.4 Å². The van der Waals surface area contributed by atoms with E-state index in [2.05, 4.69) is 19.1 Å². The number of allylic oxidation sites excluding steroid dienone is 2. The predicted molar refractivity (Wildman–Crippen MR) is 51.7 cm³/mol. The molecule has 0 amide bonds. The minimum Gasteiger partial charge on any atom is -0.330 e. The van der Waals surface area contributed by atoms with E-state index in [1.165, 1.54) is 25.7 Å². The molecular formula is C11H19N. The van der Waals surface area contributed by atoms with Crippen LogP contribution in [0.25, 0.3) is 0 Å². The van der Waals surface area contributed by atoms with Gasteiger partial charge in [0.1, 0.15) is 0 Å². The largest absolute Gasteiger partial charge is 0.330 e. The lowest BCUT2D eigenvalue weighted by Gasteiger charge is -2.31. The Morgan fingerprint density at radius 1 is 1.50 bits per heavy atom. The van der Waals surface area contributed by atoms with Crippen molar-refractivity contribution >= 4 is 0 Å². The molecule has 2 aliphatic carbocycles. The topological polar surface area (TPSA) is 26.0 Å². The molecular weight excluding hydrogens is 146 g/mol. The average Bonchev–Trinajstić information content (AvgIpc) is 2.60. The summed E-state index contributed by atoms with van der Waals surface area (Å²) in [5.41, 5.74) is 6.14. The van der Waals surface area contributed by atoms with Gasteiger partial charge in [-0.25, -0.2) is 0 Å². The first-order valence-electron chi connectivity index (χ1n) is 5.13. The molecule has 1 saturated carbocycles. The van der Waals surface area contributed by atoms with Gasteiger partial charge in [0, 0.05) is 0 Å². The van der Waals surface area contributed by atoms with Crippen LogP contribution in [0.3, 0.4) is 0 Å². The fraction of sp³-hybridized carbons (Fsp3) is 0.818. The van der Waals surface area contributed by atoms with Gasteiger partial charge in [-0.1, -0.05) is 19.1 Å². The van der Waals surface area contributed by atoms with E-state index < -0.39 is 0 Å². The third kappa shape index (κ3) is 1.20. The summed E-state index contributed by atoms with van der Waals surface area (Å²) in [5, 5.41) is 0. The normalized spacial score (nSPS) is 44.2. The Morgan fingerprint density at radius 3 is 2.83 bits per heavy atom. The molecule has 3 unspecified atom stereocenters. The lowest BCUT2D eigenvalue weighted by Crippen LogP contribution is -2.22. The van der Waals surface area contributed by atoms with E-state index in [0.29, 0.717) is 5.41 Å². The molecule has 1 heteroatoms. The molecule has 0 aromatic carbocycles. The average molecular weight is 165 g/mol. The fourth-order valence-electron chi connectivity index (χ4n) is 2.99. The van der Waals surface area contributed by atoms with Crippen molar-refractivity contribution in [3.63, 3.8) is 0 Å². The molecule has 2 aliphatic rings. The second-order valence-electron chi connectivity index (χ2n) is 4.74. The van der Waals surface area contributed by atoms with Crippen LogP contribution in [-0.4, -0.2) is 6.54 Å². The molecule has 0 heterocycles. The van der Waals surface area contributed by atoms with E-state index in [9.17, 15) is 0 Å². The smallest absolute Gasteiger partial charge is 0.00771 e. The van der Waals surface area contributed by atoms with Gasteiger partial charge in [0.2, 0.25) is 0 Å². The van der Waals surface area contributed by atoms with Crippen molar-refractivity contribution in [2.75, 3.05) is 6.54 Å². The van der Waals surface area contributed by atoms with Crippen molar-refractivity contribution in [1.82, 2.24) is 0 Å². The summed E-state index contributed by atoms with van der Waals surface area (Å²) in [5.74, 6) is 1.77. The highest BCUT2D eigenvalue weighted by Gasteiger charge is 2.43. The van der Waals surface area contributed by atoms with Crippen LogP contribution in [0, 0.1) is 17.3 Å². The van der Waals surface area contributed by atoms with Crippen molar-refractivity contribution < 1.29 is 0 Å². The monoisotopic (exact) mass is 165 g/mol. The Hall–Kier alpha value is -0.300. The minimum absolute atomic E-state index is 0.596. The molecule has 0 aromatic heterocycles. The maximum atomic E-state index is 5.55. The van der Waals surface area contributed by atoms with Gasteiger partial charge in [-0.3, -0.25) is 0 Å². The van der Waals surface area contributed by atoms with Gasteiger partial charge in [-0.2, -0.15) is 0 Å². The van der Waals surface area contributed by atoms with Crippen LogP contribution in [0.4, 0.5) is 0 Å². The number of nitrogens with two attached hydrogens (primary N) is 1.